The third-order valence-corrected chi connectivity index (χ3v) is 6.01. The Labute approximate surface area is 180 Å². The number of primary amides is 1. The highest BCUT2D eigenvalue weighted by atomic mass is 16.2. The van der Waals surface area contributed by atoms with Gasteiger partial charge >= 0.3 is 0 Å². The molecule has 0 aliphatic heterocycles. The van der Waals surface area contributed by atoms with Crippen LogP contribution in [0.5, 0.6) is 0 Å². The molecule has 5 rings (SSSR count). The third kappa shape index (κ3) is 3.46. The summed E-state index contributed by atoms with van der Waals surface area (Å²) in [4.78, 5) is 25.6. The molecule has 0 radical (unpaired) electrons. The predicted molar refractivity (Wildman–Crippen MR) is 122 cm³/mol. The zero-order valence-corrected chi connectivity index (χ0v) is 16.9. The molecule has 0 spiro atoms. The number of nitrogens with one attached hydrogen (secondary N) is 1. The maximum absolute atomic E-state index is 13.4. The second-order valence-electron chi connectivity index (χ2n) is 7.96. The number of hydrogen-bond acceptors (Lipinski definition) is 2. The van der Waals surface area contributed by atoms with Crippen molar-refractivity contribution in [1.82, 2.24) is 5.32 Å². The Balaban J connectivity index is 1.43. The van der Waals surface area contributed by atoms with Crippen LogP contribution in [0.25, 0.3) is 21.9 Å². The third-order valence-electron chi connectivity index (χ3n) is 6.01. The van der Waals surface area contributed by atoms with E-state index in [2.05, 4.69) is 5.32 Å². The average molecular weight is 406 g/mol. The van der Waals surface area contributed by atoms with E-state index in [1.165, 1.54) is 0 Å². The van der Waals surface area contributed by atoms with E-state index in [-0.39, 0.29) is 5.91 Å². The lowest BCUT2D eigenvalue weighted by Gasteiger charge is -2.20. The van der Waals surface area contributed by atoms with Crippen LogP contribution in [0.4, 0.5) is 0 Å². The van der Waals surface area contributed by atoms with Gasteiger partial charge in [-0.1, -0.05) is 91.0 Å². The number of fused-ring (bicyclic) bond motifs is 4. The van der Waals surface area contributed by atoms with Crippen molar-refractivity contribution in [3.63, 3.8) is 0 Å². The summed E-state index contributed by atoms with van der Waals surface area (Å²) in [7, 11) is 0. The number of rotatable bonds is 5. The minimum Gasteiger partial charge on any atom is -0.368 e. The lowest BCUT2D eigenvalue weighted by atomic mass is 9.95. The van der Waals surface area contributed by atoms with Crippen LogP contribution in [0, 0.1) is 0 Å². The summed E-state index contributed by atoms with van der Waals surface area (Å²) in [6.45, 7) is 0. The Morgan fingerprint density at radius 1 is 0.774 bits per heavy atom. The molecule has 0 bridgehead atoms. The Morgan fingerprint density at radius 2 is 1.35 bits per heavy atom. The molecule has 31 heavy (non-hydrogen) atoms. The Hall–Kier alpha value is -3.92. The van der Waals surface area contributed by atoms with Gasteiger partial charge in [-0.2, -0.15) is 0 Å². The van der Waals surface area contributed by atoms with Crippen molar-refractivity contribution in [3.05, 3.63) is 108 Å². The molecule has 1 atom stereocenters. The molecule has 0 aromatic heterocycles. The number of amides is 2. The van der Waals surface area contributed by atoms with Gasteiger partial charge in [0.1, 0.15) is 6.04 Å². The van der Waals surface area contributed by atoms with E-state index in [0.29, 0.717) is 6.42 Å². The van der Waals surface area contributed by atoms with E-state index in [1.807, 2.05) is 91.0 Å². The number of carbonyl (C=O) groups is 2. The van der Waals surface area contributed by atoms with Gasteiger partial charge in [0.2, 0.25) is 11.8 Å². The summed E-state index contributed by atoms with van der Waals surface area (Å²) in [6.07, 6.45) is 0.349. The van der Waals surface area contributed by atoms with Gasteiger partial charge in [-0.25, -0.2) is 0 Å². The fourth-order valence-corrected chi connectivity index (χ4v) is 4.52. The molecule has 0 unspecified atom stereocenters. The summed E-state index contributed by atoms with van der Waals surface area (Å²) in [5.41, 5.74) is 10.7. The fraction of sp³-hybridized carbons (Fsp3) is 0.111. The predicted octanol–water partition coefficient (Wildman–Crippen LogP) is 4.16. The molecule has 1 aliphatic carbocycles. The second kappa shape index (κ2) is 7.73. The highest BCUT2D eigenvalue weighted by Gasteiger charge is 2.34. The first kappa shape index (κ1) is 19.1. The van der Waals surface area contributed by atoms with Crippen molar-refractivity contribution in [1.29, 1.82) is 0 Å². The average Bonchev–Trinajstić information content (AvgIpc) is 3.13. The van der Waals surface area contributed by atoms with Crippen molar-refractivity contribution in [2.75, 3.05) is 0 Å². The minimum atomic E-state index is -0.784. The number of hydrogen-bond donors (Lipinski definition) is 2. The summed E-state index contributed by atoms with van der Waals surface area (Å²) < 4.78 is 0. The van der Waals surface area contributed by atoms with Gasteiger partial charge in [-0.3, -0.25) is 9.59 Å². The maximum Gasteiger partial charge on any atom is 0.240 e. The summed E-state index contributed by atoms with van der Waals surface area (Å²) in [5, 5.41) is 5.14. The first-order valence-corrected chi connectivity index (χ1v) is 10.4. The van der Waals surface area contributed by atoms with Crippen LogP contribution in [0.15, 0.2) is 91.0 Å². The molecule has 0 heterocycles. The number of carbonyl (C=O) groups excluding carboxylic acids is 2. The van der Waals surface area contributed by atoms with Gasteiger partial charge in [0.15, 0.2) is 0 Å². The Kier molecular flexibility index (Phi) is 4.75. The van der Waals surface area contributed by atoms with Crippen LogP contribution in [-0.4, -0.2) is 17.9 Å². The molecule has 4 aromatic rings. The van der Waals surface area contributed by atoms with Crippen molar-refractivity contribution >= 4 is 22.6 Å². The van der Waals surface area contributed by atoms with Crippen molar-refractivity contribution < 1.29 is 9.59 Å². The molecule has 1 aliphatic rings. The molecule has 2 amide bonds. The van der Waals surface area contributed by atoms with E-state index in [0.717, 1.165) is 38.6 Å². The molecule has 0 saturated carbocycles. The van der Waals surface area contributed by atoms with Crippen molar-refractivity contribution in [2.45, 2.75) is 18.4 Å². The SMILES string of the molecule is NC(=O)[C@H](Cc1ccc2ccccc2c1)NC(=O)C1c2ccccc2-c2ccccc21. The lowest BCUT2D eigenvalue weighted by Crippen LogP contribution is -2.47. The standard InChI is InChI=1S/C27H22N2O2/c28-26(30)24(16-17-13-14-18-7-1-2-8-19(18)15-17)29-27(31)25-22-11-5-3-9-20(22)21-10-4-6-12-23(21)25/h1-15,24-25H,16H2,(H2,28,30)(H,29,31)/t24-/m0/s1. The Morgan fingerprint density at radius 3 is 2.00 bits per heavy atom. The number of nitrogens with two attached hydrogens (primary N) is 1. The van der Waals surface area contributed by atoms with Gasteiger partial charge in [0, 0.05) is 6.42 Å². The molecule has 152 valence electrons. The first-order chi connectivity index (χ1) is 15.1. The van der Waals surface area contributed by atoms with Crippen LogP contribution < -0.4 is 11.1 Å². The molecular formula is C27H22N2O2. The summed E-state index contributed by atoms with van der Waals surface area (Å²) in [5.74, 6) is -1.20. The van der Waals surface area contributed by atoms with Crippen LogP contribution >= 0.6 is 0 Å². The van der Waals surface area contributed by atoms with Gasteiger partial charge < -0.3 is 11.1 Å². The normalized spacial score (nSPS) is 13.4. The summed E-state index contributed by atoms with van der Waals surface area (Å²) in [6, 6.07) is 29.1. The van der Waals surface area contributed by atoms with Gasteiger partial charge in [-0.05, 0) is 38.6 Å². The smallest absolute Gasteiger partial charge is 0.240 e. The summed E-state index contributed by atoms with van der Waals surface area (Å²) >= 11 is 0. The van der Waals surface area contributed by atoms with E-state index in [4.69, 9.17) is 5.73 Å². The molecule has 0 saturated heterocycles. The van der Waals surface area contributed by atoms with Gasteiger partial charge in [-0.15, -0.1) is 0 Å². The fourth-order valence-electron chi connectivity index (χ4n) is 4.52. The van der Waals surface area contributed by atoms with E-state index in [1.54, 1.807) is 0 Å². The Bertz CT molecular complexity index is 1270. The van der Waals surface area contributed by atoms with Gasteiger partial charge in [0.05, 0.1) is 5.92 Å². The number of benzene rings is 4. The molecule has 4 aromatic carbocycles. The zero-order chi connectivity index (χ0) is 21.4. The highest BCUT2D eigenvalue weighted by molar-refractivity contribution is 5.98. The van der Waals surface area contributed by atoms with E-state index >= 15 is 0 Å². The zero-order valence-electron chi connectivity index (χ0n) is 16.9. The van der Waals surface area contributed by atoms with Crippen molar-refractivity contribution in [3.8, 4) is 11.1 Å². The second-order valence-corrected chi connectivity index (χ2v) is 7.96. The van der Waals surface area contributed by atoms with Crippen LogP contribution in [-0.2, 0) is 16.0 Å². The molecular weight excluding hydrogens is 384 g/mol. The van der Waals surface area contributed by atoms with E-state index < -0.39 is 17.9 Å². The highest BCUT2D eigenvalue weighted by Crippen LogP contribution is 2.44. The quantitative estimate of drug-likeness (QED) is 0.522. The maximum atomic E-state index is 13.4. The lowest BCUT2D eigenvalue weighted by molar-refractivity contribution is -0.127. The topological polar surface area (TPSA) is 72.2 Å². The van der Waals surface area contributed by atoms with Crippen LogP contribution in [0.3, 0.4) is 0 Å². The molecule has 4 heteroatoms. The van der Waals surface area contributed by atoms with Crippen LogP contribution in [0.2, 0.25) is 0 Å². The monoisotopic (exact) mass is 406 g/mol. The molecule has 0 fully saturated rings. The largest absolute Gasteiger partial charge is 0.368 e. The molecule has 3 N–H and O–H groups in total. The molecule has 4 nitrogen and oxygen atoms in total. The van der Waals surface area contributed by atoms with Crippen LogP contribution in [0.1, 0.15) is 22.6 Å². The minimum absolute atomic E-state index is 0.206. The van der Waals surface area contributed by atoms with Crippen molar-refractivity contribution in [2.24, 2.45) is 5.73 Å². The first-order valence-electron chi connectivity index (χ1n) is 10.4. The van der Waals surface area contributed by atoms with E-state index in [9.17, 15) is 9.59 Å². The van der Waals surface area contributed by atoms with Gasteiger partial charge in [0.25, 0.3) is 0 Å².